The number of hydrogen-bond donors (Lipinski definition) is 5. The molecule has 1 saturated heterocycles. The molecule has 2 unspecified atom stereocenters. The molecular weight excluding hydrogens is 270 g/mol. The smallest absolute Gasteiger partial charge is 0.216 e. The van der Waals surface area contributed by atoms with Crippen LogP contribution < -0.4 is 27.4 Å². The molecule has 1 aromatic heterocycles. The predicted octanol–water partition coefficient (Wildman–Crippen LogP) is 0.397. The lowest BCUT2D eigenvalue weighted by molar-refractivity contribution is 0.310. The predicted molar refractivity (Wildman–Crippen MR) is 69.7 cm³/mol. The van der Waals surface area contributed by atoms with Crippen molar-refractivity contribution < 1.29 is 4.63 Å². The van der Waals surface area contributed by atoms with Gasteiger partial charge in [-0.05, 0) is 28.0 Å². The van der Waals surface area contributed by atoms with E-state index in [-0.39, 0.29) is 18.0 Å². The number of benzene rings is 1. The minimum Gasteiger partial charge on any atom is -0.378 e. The van der Waals surface area contributed by atoms with E-state index in [1.165, 1.54) is 0 Å². The van der Waals surface area contributed by atoms with Crippen LogP contribution in [0.4, 0.5) is 11.6 Å². The summed E-state index contributed by atoms with van der Waals surface area (Å²) >= 11 is 5.88. The number of hydrogen-bond acceptors (Lipinski definition) is 8. The molecule has 6 N–H and O–H groups in total. The molecule has 2 atom stereocenters. The SMILES string of the molecule is Nc1nonc1NC1NNNC1c1ccc(Cl)cc1. The van der Waals surface area contributed by atoms with E-state index in [1.54, 1.807) is 0 Å². The minimum atomic E-state index is -0.171. The fourth-order valence-electron chi connectivity index (χ4n) is 1.87. The lowest BCUT2D eigenvalue weighted by Crippen LogP contribution is -2.38. The zero-order valence-corrected chi connectivity index (χ0v) is 10.5. The van der Waals surface area contributed by atoms with Crippen LogP contribution in [0.2, 0.25) is 5.02 Å². The van der Waals surface area contributed by atoms with Crippen molar-refractivity contribution in [3.05, 3.63) is 34.9 Å². The molecule has 1 aliphatic rings. The van der Waals surface area contributed by atoms with Crippen LogP contribution in [0.1, 0.15) is 11.6 Å². The summed E-state index contributed by atoms with van der Waals surface area (Å²) in [4.78, 5) is 0. The molecule has 100 valence electrons. The monoisotopic (exact) mass is 281 g/mol. The number of aromatic nitrogens is 2. The number of hydrazine groups is 2. The number of anilines is 2. The van der Waals surface area contributed by atoms with Gasteiger partial charge in [0.15, 0.2) is 0 Å². The first kappa shape index (κ1) is 12.2. The van der Waals surface area contributed by atoms with Gasteiger partial charge < -0.3 is 11.1 Å². The van der Waals surface area contributed by atoms with Gasteiger partial charge in [-0.1, -0.05) is 23.7 Å². The average molecular weight is 282 g/mol. The minimum absolute atomic E-state index is 0.0339. The highest BCUT2D eigenvalue weighted by Crippen LogP contribution is 2.23. The maximum Gasteiger partial charge on any atom is 0.216 e. The first-order valence-electron chi connectivity index (χ1n) is 5.60. The number of halogens is 1. The summed E-state index contributed by atoms with van der Waals surface area (Å²) in [5, 5.41) is 11.0. The van der Waals surface area contributed by atoms with Crippen molar-refractivity contribution in [3.8, 4) is 0 Å². The second-order valence-electron chi connectivity index (χ2n) is 4.06. The van der Waals surface area contributed by atoms with Gasteiger partial charge in [0, 0.05) is 5.02 Å². The van der Waals surface area contributed by atoms with Gasteiger partial charge in [0.05, 0.1) is 6.04 Å². The molecular formula is C10H12ClN7O. The molecule has 0 bridgehead atoms. The second-order valence-corrected chi connectivity index (χ2v) is 4.50. The molecule has 2 heterocycles. The largest absolute Gasteiger partial charge is 0.378 e. The first-order chi connectivity index (χ1) is 9.24. The van der Waals surface area contributed by atoms with Crippen LogP contribution in [0.15, 0.2) is 28.9 Å². The van der Waals surface area contributed by atoms with Gasteiger partial charge in [-0.25, -0.2) is 15.5 Å². The van der Waals surface area contributed by atoms with Crippen molar-refractivity contribution in [1.82, 2.24) is 26.7 Å². The van der Waals surface area contributed by atoms with Crippen molar-refractivity contribution in [3.63, 3.8) is 0 Å². The van der Waals surface area contributed by atoms with E-state index in [9.17, 15) is 0 Å². The van der Waals surface area contributed by atoms with E-state index in [0.717, 1.165) is 5.56 Å². The van der Waals surface area contributed by atoms with E-state index < -0.39 is 0 Å². The number of nitrogen functional groups attached to an aromatic ring is 1. The Hall–Kier alpha value is -1.87. The highest BCUT2D eigenvalue weighted by molar-refractivity contribution is 6.30. The Morgan fingerprint density at radius 3 is 2.68 bits per heavy atom. The molecule has 1 aliphatic heterocycles. The summed E-state index contributed by atoms with van der Waals surface area (Å²) in [6.07, 6.45) is -0.171. The zero-order chi connectivity index (χ0) is 13.2. The third kappa shape index (κ3) is 2.47. The third-order valence-corrected chi connectivity index (χ3v) is 3.08. The maximum absolute atomic E-state index is 5.88. The van der Waals surface area contributed by atoms with Crippen LogP contribution in [-0.2, 0) is 0 Å². The summed E-state index contributed by atoms with van der Waals surface area (Å²) in [6, 6.07) is 7.51. The van der Waals surface area contributed by atoms with Crippen molar-refractivity contribution in [2.45, 2.75) is 12.2 Å². The van der Waals surface area contributed by atoms with Gasteiger partial charge in [0.1, 0.15) is 6.17 Å². The maximum atomic E-state index is 5.88. The summed E-state index contributed by atoms with van der Waals surface area (Å²) in [5.74, 6) is 0.602. The quantitative estimate of drug-likeness (QED) is 0.549. The Labute approximate surface area is 113 Å². The zero-order valence-electron chi connectivity index (χ0n) is 9.72. The average Bonchev–Trinajstić information content (AvgIpc) is 3.01. The molecule has 9 heteroatoms. The molecule has 1 aromatic carbocycles. The van der Waals surface area contributed by atoms with Crippen molar-refractivity contribution in [1.29, 1.82) is 0 Å². The van der Waals surface area contributed by atoms with Crippen LogP contribution in [0.5, 0.6) is 0 Å². The fraction of sp³-hybridized carbons (Fsp3) is 0.200. The van der Waals surface area contributed by atoms with Gasteiger partial charge in [-0.3, -0.25) is 0 Å². The van der Waals surface area contributed by atoms with Gasteiger partial charge in [0.2, 0.25) is 11.6 Å². The first-order valence-corrected chi connectivity index (χ1v) is 5.98. The molecule has 0 spiro atoms. The summed E-state index contributed by atoms with van der Waals surface area (Å²) in [5.41, 5.74) is 15.6. The topological polar surface area (TPSA) is 113 Å². The van der Waals surface area contributed by atoms with Crippen LogP contribution >= 0.6 is 11.6 Å². The Balaban J connectivity index is 1.78. The van der Waals surface area contributed by atoms with Gasteiger partial charge in [0.25, 0.3) is 0 Å². The lowest BCUT2D eigenvalue weighted by atomic mass is 10.1. The molecule has 8 nitrogen and oxygen atoms in total. The van der Waals surface area contributed by atoms with E-state index in [2.05, 4.69) is 36.6 Å². The Morgan fingerprint density at radius 1 is 1.21 bits per heavy atom. The molecule has 0 radical (unpaired) electrons. The number of nitrogens with two attached hydrogens (primary N) is 1. The van der Waals surface area contributed by atoms with Crippen LogP contribution in [-0.4, -0.2) is 16.5 Å². The second kappa shape index (κ2) is 5.02. The van der Waals surface area contributed by atoms with Gasteiger partial charge >= 0.3 is 0 Å². The molecule has 19 heavy (non-hydrogen) atoms. The standard InChI is InChI=1S/C10H12ClN7O/c11-6-3-1-5(2-4-6)7-9(15-18-14-7)13-10-8(12)16-19-17-10/h1-4,7,9,14-15,18H,(H2,12,16)(H,13,17). The third-order valence-electron chi connectivity index (χ3n) is 2.82. The summed E-state index contributed by atoms with van der Waals surface area (Å²) in [7, 11) is 0. The van der Waals surface area contributed by atoms with Gasteiger partial charge in [-0.2, -0.15) is 5.53 Å². The molecule has 1 fully saturated rings. The molecule has 0 aliphatic carbocycles. The molecule has 2 aromatic rings. The van der Waals surface area contributed by atoms with E-state index in [1.807, 2.05) is 24.3 Å². The van der Waals surface area contributed by atoms with Crippen molar-refractivity contribution in [2.75, 3.05) is 11.1 Å². The van der Waals surface area contributed by atoms with E-state index in [0.29, 0.717) is 10.8 Å². The normalized spacial score (nSPS) is 22.6. The van der Waals surface area contributed by atoms with Crippen LogP contribution in [0.3, 0.4) is 0 Å². The van der Waals surface area contributed by atoms with Gasteiger partial charge in [-0.15, -0.1) is 0 Å². The summed E-state index contributed by atoms with van der Waals surface area (Å²) < 4.78 is 4.54. The highest BCUT2D eigenvalue weighted by Gasteiger charge is 2.29. The van der Waals surface area contributed by atoms with Crippen LogP contribution in [0, 0.1) is 0 Å². The van der Waals surface area contributed by atoms with E-state index >= 15 is 0 Å². The fourth-order valence-corrected chi connectivity index (χ4v) is 2.00. The lowest BCUT2D eigenvalue weighted by Gasteiger charge is -2.19. The molecule has 0 saturated carbocycles. The van der Waals surface area contributed by atoms with Crippen molar-refractivity contribution >= 4 is 23.2 Å². The Bertz CT molecular complexity index is 557. The van der Waals surface area contributed by atoms with Crippen LogP contribution in [0.25, 0.3) is 0 Å². The molecule has 3 rings (SSSR count). The number of nitrogens with one attached hydrogen (secondary N) is 4. The number of nitrogens with zero attached hydrogens (tertiary/aromatic N) is 2. The van der Waals surface area contributed by atoms with Crippen molar-refractivity contribution in [2.24, 2.45) is 0 Å². The Kier molecular flexibility index (Phi) is 3.22. The Morgan fingerprint density at radius 2 is 2.00 bits per heavy atom. The molecule has 0 amide bonds. The van der Waals surface area contributed by atoms with E-state index in [4.69, 9.17) is 17.3 Å². The number of rotatable bonds is 3. The highest BCUT2D eigenvalue weighted by atomic mass is 35.5. The summed E-state index contributed by atoms with van der Waals surface area (Å²) in [6.45, 7) is 0.